The minimum atomic E-state index is -0.413. The second-order valence-corrected chi connectivity index (χ2v) is 6.21. The van der Waals surface area contributed by atoms with Gasteiger partial charge in [-0.15, -0.1) is 0 Å². The van der Waals surface area contributed by atoms with Gasteiger partial charge in [0.05, 0.1) is 4.92 Å². The summed E-state index contributed by atoms with van der Waals surface area (Å²) in [7, 11) is 0. The van der Waals surface area contributed by atoms with E-state index >= 15 is 0 Å². The molecule has 1 unspecified atom stereocenters. The molecule has 0 heterocycles. The number of rotatable bonds is 4. The van der Waals surface area contributed by atoms with E-state index in [1.165, 1.54) is 12.1 Å². The molecule has 2 rings (SSSR count). The average molecular weight is 375 g/mol. The molecule has 104 valence electrons. The summed E-state index contributed by atoms with van der Waals surface area (Å²) in [6.07, 6.45) is 0.665. The van der Waals surface area contributed by atoms with E-state index in [0.29, 0.717) is 16.5 Å². The Morgan fingerprint density at radius 2 is 1.80 bits per heavy atom. The number of alkyl halides is 1. The van der Waals surface area contributed by atoms with E-state index in [1.54, 1.807) is 24.3 Å². The van der Waals surface area contributed by atoms with Crippen molar-refractivity contribution in [1.82, 2.24) is 0 Å². The van der Waals surface area contributed by atoms with Gasteiger partial charge < -0.3 is 0 Å². The first-order valence-electron chi connectivity index (χ1n) is 5.79. The molecule has 1 atom stereocenters. The second-order valence-electron chi connectivity index (χ2n) is 4.26. The van der Waals surface area contributed by atoms with Crippen LogP contribution >= 0.6 is 39.1 Å². The van der Waals surface area contributed by atoms with Crippen LogP contribution in [0.3, 0.4) is 0 Å². The Morgan fingerprint density at radius 3 is 2.40 bits per heavy atom. The lowest BCUT2D eigenvalue weighted by Crippen LogP contribution is -1.97. The van der Waals surface area contributed by atoms with Gasteiger partial charge in [-0.2, -0.15) is 0 Å². The molecule has 0 saturated carbocycles. The second kappa shape index (κ2) is 6.57. The van der Waals surface area contributed by atoms with E-state index in [-0.39, 0.29) is 10.5 Å². The van der Waals surface area contributed by atoms with Crippen LogP contribution < -0.4 is 0 Å². The Morgan fingerprint density at radius 1 is 1.15 bits per heavy atom. The third-order valence-electron chi connectivity index (χ3n) is 2.86. The van der Waals surface area contributed by atoms with Crippen molar-refractivity contribution in [3.8, 4) is 0 Å². The molecular weight excluding hydrogens is 365 g/mol. The van der Waals surface area contributed by atoms with Crippen molar-refractivity contribution in [1.29, 1.82) is 0 Å². The summed E-state index contributed by atoms with van der Waals surface area (Å²) in [5.74, 6) is 0. The molecule has 0 amide bonds. The first kappa shape index (κ1) is 15.3. The zero-order valence-corrected chi connectivity index (χ0v) is 13.3. The Kier molecular flexibility index (Phi) is 5.02. The van der Waals surface area contributed by atoms with Crippen molar-refractivity contribution in [2.24, 2.45) is 0 Å². The first-order chi connectivity index (χ1) is 9.47. The normalized spacial score (nSPS) is 12.2. The molecule has 0 saturated heterocycles. The predicted octanol–water partition coefficient (Wildman–Crippen LogP) is 5.58. The number of nitro benzene ring substituents is 1. The van der Waals surface area contributed by atoms with E-state index in [9.17, 15) is 10.1 Å². The lowest BCUT2D eigenvalue weighted by molar-refractivity contribution is -0.384. The molecule has 0 aliphatic carbocycles. The Balaban J connectivity index is 2.16. The summed E-state index contributed by atoms with van der Waals surface area (Å²) in [4.78, 5) is 10.2. The van der Waals surface area contributed by atoms with Gasteiger partial charge in [-0.05, 0) is 35.7 Å². The minimum Gasteiger partial charge on any atom is -0.258 e. The van der Waals surface area contributed by atoms with Gasteiger partial charge >= 0.3 is 0 Å². The number of benzene rings is 2. The van der Waals surface area contributed by atoms with Gasteiger partial charge in [0.1, 0.15) is 0 Å². The highest BCUT2D eigenvalue weighted by Crippen LogP contribution is 2.34. The lowest BCUT2D eigenvalue weighted by Gasteiger charge is -2.12. The van der Waals surface area contributed by atoms with Gasteiger partial charge in [0.2, 0.25) is 0 Å². The van der Waals surface area contributed by atoms with Crippen molar-refractivity contribution in [3.05, 3.63) is 73.8 Å². The van der Waals surface area contributed by atoms with Gasteiger partial charge in [0, 0.05) is 27.0 Å². The van der Waals surface area contributed by atoms with Crippen LogP contribution in [0.4, 0.5) is 5.69 Å². The lowest BCUT2D eigenvalue weighted by atomic mass is 10.0. The molecule has 2 aromatic rings. The van der Waals surface area contributed by atoms with Crippen LogP contribution in [-0.2, 0) is 6.42 Å². The highest BCUT2D eigenvalue weighted by molar-refractivity contribution is 9.09. The summed E-state index contributed by atoms with van der Waals surface area (Å²) in [6.45, 7) is 0. The molecule has 0 aliphatic rings. The van der Waals surface area contributed by atoms with E-state index in [0.717, 1.165) is 11.1 Å². The van der Waals surface area contributed by atoms with Crippen LogP contribution in [0.25, 0.3) is 0 Å². The van der Waals surface area contributed by atoms with Crippen molar-refractivity contribution < 1.29 is 4.92 Å². The number of nitrogens with zero attached hydrogens (tertiary/aromatic N) is 1. The fourth-order valence-electron chi connectivity index (χ4n) is 1.83. The van der Waals surface area contributed by atoms with E-state index in [4.69, 9.17) is 23.2 Å². The van der Waals surface area contributed by atoms with Gasteiger partial charge in [0.15, 0.2) is 0 Å². The molecule has 0 N–H and O–H groups in total. The molecule has 20 heavy (non-hydrogen) atoms. The number of nitro groups is 1. The topological polar surface area (TPSA) is 43.1 Å². The molecule has 0 spiro atoms. The van der Waals surface area contributed by atoms with Crippen LogP contribution in [-0.4, -0.2) is 4.92 Å². The molecule has 0 fully saturated rings. The third kappa shape index (κ3) is 3.72. The number of hydrogen-bond acceptors (Lipinski definition) is 2. The van der Waals surface area contributed by atoms with Crippen LogP contribution in [0, 0.1) is 10.1 Å². The van der Waals surface area contributed by atoms with Crippen molar-refractivity contribution in [3.63, 3.8) is 0 Å². The zero-order chi connectivity index (χ0) is 14.7. The Labute approximate surface area is 134 Å². The van der Waals surface area contributed by atoms with E-state index in [2.05, 4.69) is 15.9 Å². The summed E-state index contributed by atoms with van der Waals surface area (Å²) in [5.41, 5.74) is 1.96. The highest BCUT2D eigenvalue weighted by atomic mass is 79.9. The molecule has 2 aromatic carbocycles. The maximum Gasteiger partial charge on any atom is 0.269 e. The number of hydrogen-bond donors (Lipinski definition) is 0. The predicted molar refractivity (Wildman–Crippen MR) is 84.9 cm³/mol. The fraction of sp³-hybridized carbons (Fsp3) is 0.143. The van der Waals surface area contributed by atoms with Gasteiger partial charge in [-0.25, -0.2) is 0 Å². The number of non-ortho nitro benzene ring substituents is 1. The standard InChI is InChI=1S/C14H10BrCl2NO2/c15-13(12-8-10(16)3-6-14(12)17)7-9-1-4-11(5-2-9)18(19)20/h1-6,8,13H,7H2. The minimum absolute atomic E-state index is 0.00449. The van der Waals surface area contributed by atoms with E-state index in [1.807, 2.05) is 6.07 Å². The van der Waals surface area contributed by atoms with Crippen molar-refractivity contribution >= 4 is 44.8 Å². The van der Waals surface area contributed by atoms with Crippen LogP contribution in [0.15, 0.2) is 42.5 Å². The van der Waals surface area contributed by atoms with Crippen molar-refractivity contribution in [2.75, 3.05) is 0 Å². The zero-order valence-electron chi connectivity index (χ0n) is 10.2. The first-order valence-corrected chi connectivity index (χ1v) is 7.47. The summed E-state index contributed by atoms with van der Waals surface area (Å²) in [6, 6.07) is 11.8. The monoisotopic (exact) mass is 373 g/mol. The Bertz CT molecular complexity index is 632. The molecule has 0 bridgehead atoms. The molecule has 0 aromatic heterocycles. The van der Waals surface area contributed by atoms with Crippen LogP contribution in [0.5, 0.6) is 0 Å². The molecule has 3 nitrogen and oxygen atoms in total. The number of halogens is 3. The molecule has 0 radical (unpaired) electrons. The van der Waals surface area contributed by atoms with Crippen LogP contribution in [0.1, 0.15) is 16.0 Å². The van der Waals surface area contributed by atoms with Gasteiger partial charge in [0.25, 0.3) is 5.69 Å². The fourth-order valence-corrected chi connectivity index (χ4v) is 3.14. The van der Waals surface area contributed by atoms with Crippen molar-refractivity contribution in [2.45, 2.75) is 11.2 Å². The average Bonchev–Trinajstić information content (AvgIpc) is 2.42. The molecule has 6 heteroatoms. The largest absolute Gasteiger partial charge is 0.269 e. The van der Waals surface area contributed by atoms with Crippen LogP contribution in [0.2, 0.25) is 10.0 Å². The maximum absolute atomic E-state index is 10.6. The molecule has 0 aliphatic heterocycles. The quantitative estimate of drug-likeness (QED) is 0.398. The highest BCUT2D eigenvalue weighted by Gasteiger charge is 2.13. The summed E-state index contributed by atoms with van der Waals surface area (Å²) >= 11 is 15.7. The summed E-state index contributed by atoms with van der Waals surface area (Å²) < 4.78 is 0. The van der Waals surface area contributed by atoms with Gasteiger partial charge in [-0.1, -0.05) is 51.3 Å². The SMILES string of the molecule is O=[N+]([O-])c1ccc(CC(Br)c2cc(Cl)ccc2Cl)cc1. The van der Waals surface area contributed by atoms with E-state index < -0.39 is 4.92 Å². The Hall–Kier alpha value is -1.10. The maximum atomic E-state index is 10.6. The third-order valence-corrected chi connectivity index (χ3v) is 4.25. The van der Waals surface area contributed by atoms with Gasteiger partial charge in [-0.3, -0.25) is 10.1 Å². The smallest absolute Gasteiger partial charge is 0.258 e. The summed E-state index contributed by atoms with van der Waals surface area (Å²) in [5, 5.41) is 11.9. The molecular formula is C14H10BrCl2NO2.